The third kappa shape index (κ3) is 50.2. The number of aryl methyl sites for hydroxylation is 6. The van der Waals surface area contributed by atoms with E-state index in [0.29, 0.717) is 11.7 Å². The molecule has 17 rings (SSSR count). The van der Waals surface area contributed by atoms with Gasteiger partial charge in [-0.25, -0.2) is 38.3 Å². The molecule has 28 heteroatoms. The Morgan fingerprint density at radius 2 is 0.703 bits per heavy atom. The molecule has 0 radical (unpaired) electrons. The Morgan fingerprint density at radius 3 is 1.14 bits per heavy atom. The molecule has 5 atom stereocenters. The van der Waals surface area contributed by atoms with E-state index in [1.54, 1.807) is 118 Å². The highest BCUT2D eigenvalue weighted by molar-refractivity contribution is 7.92. The first-order valence-electron chi connectivity index (χ1n) is 54.1. The predicted octanol–water partition coefficient (Wildman–Crippen LogP) is 28.7. The number of hydrogen-bond donors (Lipinski definition) is 0. The van der Waals surface area contributed by atoms with E-state index in [1.807, 2.05) is 30.0 Å². The normalized spacial score (nSPS) is 22.1. The quantitative estimate of drug-likeness (QED) is 0.0432. The molecule has 6 aromatic carbocycles. The summed E-state index contributed by atoms with van der Waals surface area (Å²) in [6.45, 7) is 31.8. The van der Waals surface area contributed by atoms with Crippen LogP contribution in [0.15, 0.2) is 170 Å². The summed E-state index contributed by atoms with van der Waals surface area (Å²) < 4.78 is 131. The lowest BCUT2D eigenvalue weighted by molar-refractivity contribution is 0.276. The van der Waals surface area contributed by atoms with Crippen molar-refractivity contribution in [2.75, 3.05) is 5.75 Å². The van der Waals surface area contributed by atoms with E-state index >= 15 is 0 Å². The van der Waals surface area contributed by atoms with Crippen LogP contribution in [-0.2, 0) is 110 Å². The van der Waals surface area contributed by atoms with Crippen LogP contribution in [0.4, 0.5) is 0 Å². The van der Waals surface area contributed by atoms with Crippen LogP contribution in [0.25, 0.3) is 43.5 Å². The maximum Gasteiger partial charge on any atom is 0.152 e. The van der Waals surface area contributed by atoms with Crippen LogP contribution in [0.5, 0.6) is 0 Å². The Hall–Kier alpha value is -6.38. The molecule has 6 fully saturated rings. The average Bonchev–Trinajstić information content (AvgIpc) is 1.63. The van der Waals surface area contributed by atoms with Crippen molar-refractivity contribution in [3.8, 4) is 22.3 Å². The summed E-state index contributed by atoms with van der Waals surface area (Å²) in [5.41, 5.74) is 19.8. The number of sulfone groups is 1. The SMILES string of the molecule is CC(C)S(=O)(=O)CC1CCC(CCc2ccc(-c3ccccc3)cc2)CC1.CC(C)S(=O)[O-].CC(C)S(=O)[O-].CC(C)S(=O)[O-].CC(C)S(=O)[O-].CC(C)S(=O)[O-].CC1CCC(CCc2ccc3scnc3c2)CC1.CC1CCC(CCc2cccc3c2Cc2ccccc2-3)CC1.CC1CCC(CCc2cccc3nsnc23)CC1.CC1CCC(CCc2ncccn2)CC1.CC1CCC(CCc2ncncn2)CC1. The van der Waals surface area contributed by atoms with Gasteiger partial charge in [0.2, 0.25) is 0 Å². The molecule has 0 spiro atoms. The van der Waals surface area contributed by atoms with Gasteiger partial charge in [0.1, 0.15) is 35.3 Å². The van der Waals surface area contributed by atoms with Gasteiger partial charge in [-0.1, -0.05) is 416 Å². The summed E-state index contributed by atoms with van der Waals surface area (Å²) in [4.78, 5) is 25.1. The first-order chi connectivity index (χ1) is 69.3. The molecule has 4 aromatic heterocycles. The van der Waals surface area contributed by atoms with Gasteiger partial charge in [-0.05, 0) is 248 Å². The van der Waals surface area contributed by atoms with Gasteiger partial charge in [-0.15, -0.1) is 11.3 Å². The van der Waals surface area contributed by atoms with Crippen molar-refractivity contribution in [3.63, 3.8) is 0 Å². The monoisotopic (exact) mass is 2140 g/mol. The molecule has 0 amide bonds. The van der Waals surface area contributed by atoms with Crippen molar-refractivity contribution in [3.05, 3.63) is 215 Å². The van der Waals surface area contributed by atoms with E-state index in [4.69, 9.17) is 0 Å². The van der Waals surface area contributed by atoms with Crippen LogP contribution >= 0.6 is 23.1 Å². The largest absolute Gasteiger partial charge is 0.772 e. The lowest BCUT2D eigenvalue weighted by Crippen LogP contribution is -2.26. The number of thiazole rings is 1. The van der Waals surface area contributed by atoms with Gasteiger partial charge in [0.05, 0.1) is 38.5 Å². The maximum absolute atomic E-state index is 12.1. The van der Waals surface area contributed by atoms with Crippen LogP contribution < -0.4 is 0 Å². The number of nitrogens with zero attached hydrogens (tertiary/aromatic N) is 8. The van der Waals surface area contributed by atoms with Crippen LogP contribution in [0.1, 0.15) is 355 Å². The highest BCUT2D eigenvalue weighted by Gasteiger charge is 2.29. The Bertz CT molecular complexity index is 5250. The summed E-state index contributed by atoms with van der Waals surface area (Å²) in [7, 11) is -2.90. The van der Waals surface area contributed by atoms with Crippen molar-refractivity contribution in [1.29, 1.82) is 0 Å². The number of fused-ring (bicyclic) bond motifs is 5. The van der Waals surface area contributed by atoms with E-state index in [1.165, 1.54) is 265 Å². The molecule has 0 aliphatic heterocycles. The Labute approximate surface area is 894 Å². The lowest BCUT2D eigenvalue weighted by atomic mass is 9.80. The minimum absolute atomic E-state index is 0.231. The first kappa shape index (κ1) is 126. The van der Waals surface area contributed by atoms with Gasteiger partial charge >= 0.3 is 0 Å². The molecule has 10 aromatic rings. The molecule has 0 saturated heterocycles. The summed E-state index contributed by atoms with van der Waals surface area (Å²) in [6.07, 6.45) is 55.7. The Morgan fingerprint density at radius 1 is 0.345 bits per heavy atom. The topological polar surface area (TPSA) is 338 Å². The van der Waals surface area contributed by atoms with E-state index < -0.39 is 65.2 Å². The maximum atomic E-state index is 12.1. The summed E-state index contributed by atoms with van der Waals surface area (Å²) in [6, 6.07) is 50.4. The van der Waals surface area contributed by atoms with Crippen LogP contribution in [0.3, 0.4) is 0 Å². The zero-order valence-corrected chi connectivity index (χ0v) is 96.7. The number of rotatable bonds is 27. The second kappa shape index (κ2) is 69.2. The zero-order valence-electron chi connectivity index (χ0n) is 90.2. The fraction of sp³-hybridized carbons (Fsp3) is 0.624. The average molecular weight is 2140 g/mol. The van der Waals surface area contributed by atoms with Crippen molar-refractivity contribution in [2.45, 2.75) is 387 Å². The van der Waals surface area contributed by atoms with E-state index in [9.17, 15) is 52.2 Å². The molecule has 4 heterocycles. The van der Waals surface area contributed by atoms with E-state index in [0.717, 1.165) is 126 Å². The van der Waals surface area contributed by atoms with Gasteiger partial charge in [0.25, 0.3) is 0 Å². The minimum atomic E-state index is -2.90. The van der Waals surface area contributed by atoms with Crippen LogP contribution in [0.2, 0.25) is 0 Å². The highest BCUT2D eigenvalue weighted by Crippen LogP contribution is 2.42. The third-order valence-electron chi connectivity index (χ3n) is 29.6. The molecule has 7 aliphatic rings. The Kier molecular flexibility index (Phi) is 59.9. The van der Waals surface area contributed by atoms with Crippen LogP contribution in [-0.4, -0.2) is 128 Å². The van der Waals surface area contributed by atoms with Gasteiger partial charge in [0.15, 0.2) is 9.84 Å². The van der Waals surface area contributed by atoms with E-state index in [2.05, 4.69) is 201 Å². The smallest absolute Gasteiger partial charge is 0.152 e. The number of aromatic nitrogens is 8. The summed E-state index contributed by atoms with van der Waals surface area (Å²) in [5.74, 6) is 12.9. The van der Waals surface area contributed by atoms with Crippen molar-refractivity contribution in [1.82, 2.24) is 38.7 Å². The molecule has 806 valence electrons. The minimum Gasteiger partial charge on any atom is -0.772 e. The molecule has 7 aliphatic carbocycles. The summed E-state index contributed by atoms with van der Waals surface area (Å²) >= 11 is -6.28. The zero-order chi connectivity index (χ0) is 106. The Balaban J connectivity index is 0.000000225. The molecule has 20 nitrogen and oxygen atoms in total. The third-order valence-corrected chi connectivity index (χ3v) is 37.1. The second-order valence-electron chi connectivity index (χ2n) is 43.4. The van der Waals surface area contributed by atoms with E-state index in [-0.39, 0.29) is 31.5 Å². The molecular formula is C117H173N8O12S8-5. The van der Waals surface area contributed by atoms with Crippen molar-refractivity contribution >= 4 is 110 Å². The molecular weight excluding hydrogens is 1970 g/mol. The van der Waals surface area contributed by atoms with Gasteiger partial charge in [-0.3, -0.25) is 21.0 Å². The fourth-order valence-electron chi connectivity index (χ4n) is 19.4. The number of hydrogen-bond acceptors (Lipinski definition) is 22. The lowest BCUT2D eigenvalue weighted by Gasteiger charge is -2.28. The van der Waals surface area contributed by atoms with Gasteiger partial charge in [-0.2, -0.15) is 8.75 Å². The van der Waals surface area contributed by atoms with Gasteiger partial charge in [0, 0.05) is 51.5 Å². The molecule has 0 bridgehead atoms. The van der Waals surface area contributed by atoms with Gasteiger partial charge < -0.3 is 22.8 Å². The number of benzene rings is 6. The van der Waals surface area contributed by atoms with Crippen molar-refractivity contribution < 1.29 is 52.2 Å². The standard InChI is InChI=1S/C24H32O2S.C22H26.C16H21NS.C15H20N2S.C13H20N2.C12H19N3.5C3H8O2S/c1-19(2)27(25,26)18-22-12-10-20(11-13-22)8-9-21-14-16-24(17-15-21)23-6-4-3-5-7-23;1-16-9-11-17(12-10-16)13-14-18-6-4-8-21-20-7-3-2-5-19(20)15-22(18)21;1-12-2-4-13(5-3-12)6-7-14-8-9-16-15(10-14)17-11-18-16;1-11-5-7-12(8-6-11)9-10-13-3-2-4-14-15(13)17-18-16-14;1-11-3-5-12(6-4-11)7-8-13-14-9-2-10-15-13;1-10-2-4-11(5-3-10)6-7-12-14-8-13-9-15-12;5*1-3(2)6(4)5/h3-7,14-17,19-20,22H,8-13,18H2,1-2H3;2-8,16-17H,9-15H2,1H3;8-13H,2-7H2,1H3;2-4,11-12H,5-10H2,1H3;2,9-12H,3-8H2,1H3;8-11H,2-7H2,1H3;5*3H,1-2H3,(H,4,5)/p-5. The van der Waals surface area contributed by atoms with Crippen LogP contribution in [0, 0.1) is 71.0 Å². The molecule has 145 heavy (non-hydrogen) atoms. The highest BCUT2D eigenvalue weighted by atomic mass is 32.2. The summed E-state index contributed by atoms with van der Waals surface area (Å²) in [5, 5.41) is -1.40. The fourth-order valence-corrected chi connectivity index (χ4v) is 22.0. The molecule has 0 N–H and O–H groups in total. The predicted molar refractivity (Wildman–Crippen MR) is 606 cm³/mol. The van der Waals surface area contributed by atoms with Crippen molar-refractivity contribution in [2.24, 2.45) is 71.0 Å². The second-order valence-corrected chi connectivity index (χ2v) is 54.8. The molecule has 5 unspecified atom stereocenters. The molecule has 6 saturated carbocycles. The first-order valence-corrected chi connectivity index (χ1v) is 63.1.